The number of rotatable bonds is 8. The molecule has 3 aromatic rings. The summed E-state index contributed by atoms with van der Waals surface area (Å²) >= 11 is 8.65. The van der Waals surface area contributed by atoms with E-state index in [9.17, 15) is 4.79 Å². The Bertz CT molecular complexity index is 965. The summed E-state index contributed by atoms with van der Waals surface area (Å²) in [6, 6.07) is 7.43. The maximum Gasteiger partial charge on any atom is 0.236 e. The van der Waals surface area contributed by atoms with Crippen molar-refractivity contribution >= 4 is 45.7 Å². The molecule has 1 amide bonds. The Kier molecular flexibility index (Phi) is 6.88. The third-order valence-electron chi connectivity index (χ3n) is 3.80. The van der Waals surface area contributed by atoms with Crippen molar-refractivity contribution in [2.75, 3.05) is 11.1 Å². The van der Waals surface area contributed by atoms with Crippen molar-refractivity contribution in [2.45, 2.75) is 31.5 Å². The fourth-order valence-electron chi connectivity index (χ4n) is 2.50. The van der Waals surface area contributed by atoms with Gasteiger partial charge in [-0.3, -0.25) is 4.79 Å². The van der Waals surface area contributed by atoms with Crippen LogP contribution in [0.3, 0.4) is 0 Å². The molecule has 2 aromatic heterocycles. The SMILES string of the molecule is C=CCn1c(SCC(=O)Nc2nc(-c3ccc(Cl)cc3)cs2)nnc1C(C)C. The molecule has 9 heteroatoms. The van der Waals surface area contributed by atoms with Gasteiger partial charge >= 0.3 is 0 Å². The highest BCUT2D eigenvalue weighted by Crippen LogP contribution is 2.26. The highest BCUT2D eigenvalue weighted by molar-refractivity contribution is 7.99. The second-order valence-electron chi connectivity index (χ2n) is 6.28. The largest absolute Gasteiger partial charge is 0.302 e. The van der Waals surface area contributed by atoms with E-state index in [2.05, 4.69) is 40.9 Å². The number of thiazole rings is 1. The monoisotopic (exact) mass is 433 g/mol. The number of hydrogen-bond donors (Lipinski definition) is 1. The van der Waals surface area contributed by atoms with E-state index in [0.29, 0.717) is 21.9 Å². The first-order chi connectivity index (χ1) is 13.5. The number of halogens is 1. The second-order valence-corrected chi connectivity index (χ2v) is 8.51. The van der Waals surface area contributed by atoms with E-state index >= 15 is 0 Å². The quantitative estimate of drug-likeness (QED) is 0.395. The molecule has 146 valence electrons. The number of thioether (sulfide) groups is 1. The van der Waals surface area contributed by atoms with Crippen molar-refractivity contribution in [2.24, 2.45) is 0 Å². The van der Waals surface area contributed by atoms with Gasteiger partial charge in [-0.2, -0.15) is 0 Å². The molecule has 0 atom stereocenters. The summed E-state index contributed by atoms with van der Waals surface area (Å²) < 4.78 is 1.98. The number of benzene rings is 1. The van der Waals surface area contributed by atoms with E-state index < -0.39 is 0 Å². The average Bonchev–Trinajstić information content (AvgIpc) is 3.28. The number of carbonyl (C=O) groups excluding carboxylic acids is 1. The smallest absolute Gasteiger partial charge is 0.236 e. The molecule has 6 nitrogen and oxygen atoms in total. The van der Waals surface area contributed by atoms with Gasteiger partial charge in [-0.05, 0) is 12.1 Å². The Morgan fingerprint density at radius 1 is 1.36 bits per heavy atom. The topological polar surface area (TPSA) is 72.7 Å². The summed E-state index contributed by atoms with van der Waals surface area (Å²) in [5.41, 5.74) is 1.76. The number of nitrogens with one attached hydrogen (secondary N) is 1. The lowest BCUT2D eigenvalue weighted by Crippen LogP contribution is -2.14. The molecule has 0 spiro atoms. The predicted octanol–water partition coefficient (Wildman–Crippen LogP) is 5.10. The van der Waals surface area contributed by atoms with Crippen molar-refractivity contribution < 1.29 is 4.79 Å². The molecular formula is C19H20ClN5OS2. The lowest BCUT2D eigenvalue weighted by molar-refractivity contribution is -0.113. The van der Waals surface area contributed by atoms with Gasteiger partial charge in [-0.25, -0.2) is 4.98 Å². The third kappa shape index (κ3) is 5.01. The van der Waals surface area contributed by atoms with Crippen LogP contribution in [0.5, 0.6) is 0 Å². The summed E-state index contributed by atoms with van der Waals surface area (Å²) in [5, 5.41) is 15.1. The van der Waals surface area contributed by atoms with Gasteiger partial charge in [0, 0.05) is 28.4 Å². The van der Waals surface area contributed by atoms with Gasteiger partial charge in [0.1, 0.15) is 5.82 Å². The van der Waals surface area contributed by atoms with Crippen LogP contribution in [-0.4, -0.2) is 31.4 Å². The highest BCUT2D eigenvalue weighted by Gasteiger charge is 2.16. The van der Waals surface area contributed by atoms with E-state index in [1.54, 1.807) is 6.08 Å². The number of amides is 1. The fourth-order valence-corrected chi connectivity index (χ4v) is 4.12. The Hall–Kier alpha value is -2.16. The Balaban J connectivity index is 1.61. The van der Waals surface area contributed by atoms with Crippen LogP contribution in [0.1, 0.15) is 25.6 Å². The lowest BCUT2D eigenvalue weighted by Gasteiger charge is -2.09. The predicted molar refractivity (Wildman–Crippen MR) is 116 cm³/mol. The maximum absolute atomic E-state index is 12.3. The first-order valence-corrected chi connectivity index (χ1v) is 10.9. The minimum Gasteiger partial charge on any atom is -0.302 e. The van der Waals surface area contributed by atoms with Crippen molar-refractivity contribution in [3.8, 4) is 11.3 Å². The van der Waals surface area contributed by atoms with Crippen LogP contribution in [0.15, 0.2) is 47.5 Å². The van der Waals surface area contributed by atoms with Crippen LogP contribution in [0.4, 0.5) is 5.13 Å². The molecule has 0 unspecified atom stereocenters. The molecule has 1 aromatic carbocycles. The summed E-state index contributed by atoms with van der Waals surface area (Å²) in [7, 11) is 0. The molecule has 3 rings (SSSR count). The van der Waals surface area contributed by atoms with Gasteiger partial charge in [0.05, 0.1) is 11.4 Å². The number of nitrogens with zero attached hydrogens (tertiary/aromatic N) is 4. The molecule has 0 saturated heterocycles. The van der Waals surface area contributed by atoms with Gasteiger partial charge in [0.25, 0.3) is 0 Å². The van der Waals surface area contributed by atoms with Gasteiger partial charge in [0.2, 0.25) is 5.91 Å². The summed E-state index contributed by atoms with van der Waals surface area (Å²) in [6.07, 6.45) is 1.80. The van der Waals surface area contributed by atoms with E-state index in [0.717, 1.165) is 17.1 Å². The normalized spacial score (nSPS) is 11.0. The van der Waals surface area contributed by atoms with E-state index in [-0.39, 0.29) is 17.6 Å². The summed E-state index contributed by atoms with van der Waals surface area (Å²) in [4.78, 5) is 16.8. The molecule has 0 fully saturated rings. The zero-order valence-electron chi connectivity index (χ0n) is 15.6. The highest BCUT2D eigenvalue weighted by atomic mass is 35.5. The number of anilines is 1. The molecule has 0 aliphatic carbocycles. The molecule has 1 N–H and O–H groups in total. The van der Waals surface area contributed by atoms with Crippen LogP contribution < -0.4 is 5.32 Å². The zero-order valence-corrected chi connectivity index (χ0v) is 17.9. The van der Waals surface area contributed by atoms with Crippen molar-refractivity contribution in [3.63, 3.8) is 0 Å². The van der Waals surface area contributed by atoms with Crippen molar-refractivity contribution in [1.82, 2.24) is 19.7 Å². The number of hydrogen-bond acceptors (Lipinski definition) is 6. The summed E-state index contributed by atoms with van der Waals surface area (Å²) in [6.45, 7) is 8.52. The molecule has 2 heterocycles. The third-order valence-corrected chi connectivity index (χ3v) is 5.77. The van der Waals surface area contributed by atoms with Crippen molar-refractivity contribution in [3.05, 3.63) is 53.1 Å². The minimum atomic E-state index is -0.138. The zero-order chi connectivity index (χ0) is 20.1. The van der Waals surface area contributed by atoms with Gasteiger partial charge in [-0.15, -0.1) is 28.1 Å². The van der Waals surface area contributed by atoms with E-state index in [1.165, 1.54) is 23.1 Å². The van der Waals surface area contributed by atoms with Crippen LogP contribution in [0.2, 0.25) is 5.02 Å². The molecule has 28 heavy (non-hydrogen) atoms. The van der Waals surface area contributed by atoms with Crippen molar-refractivity contribution in [1.29, 1.82) is 0 Å². The maximum atomic E-state index is 12.3. The molecule has 0 aliphatic heterocycles. The Morgan fingerprint density at radius 2 is 2.11 bits per heavy atom. The van der Waals surface area contributed by atoms with Gasteiger partial charge in [0.15, 0.2) is 10.3 Å². The lowest BCUT2D eigenvalue weighted by atomic mass is 10.2. The standard InChI is InChI=1S/C19H20ClN5OS2/c1-4-9-25-17(12(2)3)23-24-19(25)28-11-16(26)22-18-21-15(10-27-18)13-5-7-14(20)8-6-13/h4-8,10,12H,1,9,11H2,2-3H3,(H,21,22,26). The Labute approximate surface area is 177 Å². The van der Waals surface area contributed by atoms with Crippen LogP contribution in [0.25, 0.3) is 11.3 Å². The van der Waals surface area contributed by atoms with Gasteiger partial charge in [-0.1, -0.05) is 55.4 Å². The fraction of sp³-hybridized carbons (Fsp3) is 0.263. The van der Waals surface area contributed by atoms with Crippen LogP contribution in [0, 0.1) is 0 Å². The molecular weight excluding hydrogens is 414 g/mol. The molecule has 0 saturated carbocycles. The van der Waals surface area contributed by atoms with E-state index in [1.807, 2.05) is 34.2 Å². The van der Waals surface area contributed by atoms with Crippen LogP contribution >= 0.6 is 34.7 Å². The summed E-state index contributed by atoms with van der Waals surface area (Å²) in [5.74, 6) is 1.22. The first kappa shape index (κ1) is 20.6. The number of allylic oxidation sites excluding steroid dienone is 1. The van der Waals surface area contributed by atoms with Crippen LogP contribution in [-0.2, 0) is 11.3 Å². The number of aromatic nitrogens is 4. The van der Waals surface area contributed by atoms with Gasteiger partial charge < -0.3 is 9.88 Å². The van der Waals surface area contributed by atoms with E-state index in [4.69, 9.17) is 11.6 Å². The minimum absolute atomic E-state index is 0.138. The first-order valence-electron chi connectivity index (χ1n) is 8.66. The molecule has 0 bridgehead atoms. The molecule has 0 radical (unpaired) electrons. The molecule has 0 aliphatic rings. The number of carbonyl (C=O) groups is 1. The second kappa shape index (κ2) is 9.36. The Morgan fingerprint density at radius 3 is 2.79 bits per heavy atom. The average molecular weight is 434 g/mol.